The second-order valence-electron chi connectivity index (χ2n) is 8.27. The molecule has 10 heteroatoms. The van der Waals surface area contributed by atoms with Gasteiger partial charge in [-0.1, -0.05) is 48.2 Å². The molecule has 2 aromatic carbocycles. The third-order valence-electron chi connectivity index (χ3n) is 5.81. The number of nitrogens with zero attached hydrogens (tertiary/aromatic N) is 4. The van der Waals surface area contributed by atoms with Gasteiger partial charge in [0.2, 0.25) is 5.91 Å². The Morgan fingerprint density at radius 1 is 1.09 bits per heavy atom. The number of thioether (sulfide) groups is 1. The number of nitrogens with one attached hydrogen (secondary N) is 1. The predicted molar refractivity (Wildman–Crippen MR) is 135 cm³/mol. The van der Waals surface area contributed by atoms with Crippen LogP contribution in [0.2, 0.25) is 0 Å². The van der Waals surface area contributed by atoms with Crippen LogP contribution in [-0.4, -0.2) is 30.3 Å². The van der Waals surface area contributed by atoms with Crippen LogP contribution in [0.4, 0.5) is 10.1 Å². The number of anilines is 1. The van der Waals surface area contributed by atoms with E-state index < -0.39 is 17.1 Å². The number of carbonyl (C=O) groups is 1. The van der Waals surface area contributed by atoms with E-state index >= 15 is 0 Å². The number of amides is 1. The van der Waals surface area contributed by atoms with Crippen molar-refractivity contribution in [1.29, 1.82) is 0 Å². The summed E-state index contributed by atoms with van der Waals surface area (Å²) in [5, 5.41) is 3.30. The summed E-state index contributed by atoms with van der Waals surface area (Å²) in [6.45, 7) is 2.31. The highest BCUT2D eigenvalue weighted by Crippen LogP contribution is 2.24. The molecule has 0 saturated carbocycles. The first-order valence-electron chi connectivity index (χ1n) is 11.1. The zero-order chi connectivity index (χ0) is 25.1. The summed E-state index contributed by atoms with van der Waals surface area (Å²) in [4.78, 5) is 42.3. The fourth-order valence-corrected chi connectivity index (χ4v) is 4.80. The average Bonchev–Trinajstić information content (AvgIpc) is 3.21. The van der Waals surface area contributed by atoms with E-state index in [1.54, 1.807) is 20.0 Å². The predicted octanol–water partition coefficient (Wildman–Crippen LogP) is 3.24. The van der Waals surface area contributed by atoms with Gasteiger partial charge in [0, 0.05) is 38.5 Å². The topological polar surface area (TPSA) is 90.9 Å². The van der Waals surface area contributed by atoms with Crippen LogP contribution in [-0.2, 0) is 31.9 Å². The summed E-state index contributed by atoms with van der Waals surface area (Å²) in [5.41, 5.74) is 2.11. The van der Waals surface area contributed by atoms with Crippen LogP contribution in [0.1, 0.15) is 17.5 Å². The lowest BCUT2D eigenvalue weighted by Crippen LogP contribution is -2.37. The molecule has 182 valence electrons. The second-order valence-corrected chi connectivity index (χ2v) is 9.33. The van der Waals surface area contributed by atoms with E-state index in [-0.39, 0.29) is 17.8 Å². The fourth-order valence-electron chi connectivity index (χ4n) is 3.84. The average molecular weight is 496 g/mol. The molecule has 0 fully saturated rings. The molecule has 0 atom stereocenters. The molecule has 2 aromatic heterocycles. The number of benzene rings is 2. The molecule has 8 nitrogen and oxygen atoms in total. The van der Waals surface area contributed by atoms with Gasteiger partial charge < -0.3 is 9.88 Å². The molecule has 35 heavy (non-hydrogen) atoms. The van der Waals surface area contributed by atoms with Crippen molar-refractivity contribution in [3.05, 3.63) is 86.3 Å². The number of aromatic nitrogens is 4. The maximum Gasteiger partial charge on any atom is 0.332 e. The summed E-state index contributed by atoms with van der Waals surface area (Å²) < 4.78 is 17.9. The largest absolute Gasteiger partial charge is 0.332 e. The molecule has 1 N–H and O–H groups in total. The maximum atomic E-state index is 13.5. The van der Waals surface area contributed by atoms with E-state index in [9.17, 15) is 18.8 Å². The third-order valence-corrected chi connectivity index (χ3v) is 6.78. The first-order chi connectivity index (χ1) is 16.8. The highest BCUT2D eigenvalue weighted by atomic mass is 32.2. The van der Waals surface area contributed by atoms with Crippen molar-refractivity contribution in [3.8, 4) is 0 Å². The fraction of sp³-hybridized carbons (Fsp3) is 0.280. The van der Waals surface area contributed by atoms with Gasteiger partial charge in [-0.15, -0.1) is 0 Å². The smallest absolute Gasteiger partial charge is 0.326 e. The van der Waals surface area contributed by atoms with Crippen molar-refractivity contribution < 1.29 is 9.18 Å². The molecule has 4 aromatic rings. The Morgan fingerprint density at radius 3 is 2.57 bits per heavy atom. The van der Waals surface area contributed by atoms with Gasteiger partial charge in [-0.3, -0.25) is 18.7 Å². The van der Waals surface area contributed by atoms with Crippen molar-refractivity contribution in [3.63, 3.8) is 0 Å². The summed E-state index contributed by atoms with van der Waals surface area (Å²) in [6.07, 6.45) is 0.849. The number of carbonyl (C=O) groups excluding carboxylic acids is 1. The van der Waals surface area contributed by atoms with E-state index in [2.05, 4.69) is 10.3 Å². The summed E-state index contributed by atoms with van der Waals surface area (Å²) in [6, 6.07) is 14.1. The Bertz CT molecular complexity index is 1510. The lowest BCUT2D eigenvalue weighted by molar-refractivity contribution is -0.115. The second kappa shape index (κ2) is 10.3. The highest BCUT2D eigenvalue weighted by molar-refractivity contribution is 7.99. The number of halogens is 1. The van der Waals surface area contributed by atoms with Crippen LogP contribution in [0.25, 0.3) is 11.2 Å². The molecule has 0 aliphatic rings. The maximum absolute atomic E-state index is 13.5. The van der Waals surface area contributed by atoms with E-state index in [0.29, 0.717) is 35.2 Å². The first kappa shape index (κ1) is 24.5. The molecule has 0 aliphatic carbocycles. The molecule has 1 amide bonds. The van der Waals surface area contributed by atoms with Crippen molar-refractivity contribution in [2.45, 2.75) is 31.5 Å². The number of hydrogen-bond acceptors (Lipinski definition) is 5. The third kappa shape index (κ3) is 5.22. The van der Waals surface area contributed by atoms with E-state index in [1.807, 2.05) is 34.9 Å². The van der Waals surface area contributed by atoms with Crippen molar-refractivity contribution >= 4 is 34.5 Å². The Morgan fingerprint density at radius 2 is 1.83 bits per heavy atom. The molecular formula is C25H26FN5O3S. The molecule has 0 bridgehead atoms. The lowest BCUT2D eigenvalue weighted by atomic mass is 10.1. The van der Waals surface area contributed by atoms with Crippen LogP contribution in [0.5, 0.6) is 0 Å². The molecule has 2 heterocycles. The highest BCUT2D eigenvalue weighted by Gasteiger charge is 2.19. The standard InChI is InChI=1S/C25H26FN5O3S/c1-16-9-10-18(26)15-19(16)27-20(32)12-14-35-24-28-21-22(29(2)25(34)30(3)23(21)33)31(24)13-11-17-7-5-4-6-8-17/h4-10,15H,11-14H2,1-3H3,(H,27,32). The Hall–Kier alpha value is -3.66. The minimum absolute atomic E-state index is 0.166. The Balaban J connectivity index is 1.57. The van der Waals surface area contributed by atoms with Gasteiger partial charge in [-0.25, -0.2) is 14.2 Å². The van der Waals surface area contributed by atoms with E-state index in [4.69, 9.17) is 0 Å². The lowest BCUT2D eigenvalue weighted by Gasteiger charge is -2.12. The first-order valence-corrected chi connectivity index (χ1v) is 12.1. The Kier molecular flexibility index (Phi) is 7.20. The quantitative estimate of drug-likeness (QED) is 0.379. The van der Waals surface area contributed by atoms with Gasteiger partial charge in [0.05, 0.1) is 0 Å². The molecule has 0 spiro atoms. The van der Waals surface area contributed by atoms with Gasteiger partial charge in [0.25, 0.3) is 5.56 Å². The van der Waals surface area contributed by atoms with Gasteiger partial charge in [0.1, 0.15) is 5.82 Å². The van der Waals surface area contributed by atoms with Gasteiger partial charge in [-0.05, 0) is 36.6 Å². The molecule has 0 radical (unpaired) electrons. The van der Waals surface area contributed by atoms with Crippen molar-refractivity contribution in [2.75, 3.05) is 11.1 Å². The van der Waals surface area contributed by atoms with Crippen LogP contribution in [0.15, 0.2) is 63.3 Å². The SMILES string of the molecule is Cc1ccc(F)cc1NC(=O)CCSc1nc2c(=O)n(C)c(=O)n(C)c2n1CCc1ccccc1. The van der Waals surface area contributed by atoms with E-state index in [0.717, 1.165) is 15.7 Å². The summed E-state index contributed by atoms with van der Waals surface area (Å²) >= 11 is 1.34. The summed E-state index contributed by atoms with van der Waals surface area (Å²) in [5.74, 6) is -0.274. The number of rotatable bonds is 8. The van der Waals surface area contributed by atoms with Gasteiger partial charge in [-0.2, -0.15) is 0 Å². The number of imidazole rings is 1. The summed E-state index contributed by atoms with van der Waals surface area (Å²) in [7, 11) is 3.05. The van der Waals surface area contributed by atoms with Crippen LogP contribution in [0, 0.1) is 12.7 Å². The van der Waals surface area contributed by atoms with Gasteiger partial charge in [0.15, 0.2) is 16.3 Å². The Labute approximate surface area is 205 Å². The molecule has 0 aliphatic heterocycles. The van der Waals surface area contributed by atoms with Crippen molar-refractivity contribution in [1.82, 2.24) is 18.7 Å². The number of fused-ring (bicyclic) bond motifs is 1. The van der Waals surface area contributed by atoms with Gasteiger partial charge >= 0.3 is 5.69 Å². The molecule has 0 unspecified atom stereocenters. The number of aryl methyl sites for hydroxylation is 4. The van der Waals surface area contributed by atoms with E-state index in [1.165, 1.54) is 35.5 Å². The molecule has 0 saturated heterocycles. The minimum atomic E-state index is -0.456. The monoisotopic (exact) mass is 495 g/mol. The van der Waals surface area contributed by atoms with Crippen LogP contribution >= 0.6 is 11.8 Å². The molecule has 4 rings (SSSR count). The zero-order valence-electron chi connectivity index (χ0n) is 19.7. The number of hydrogen-bond donors (Lipinski definition) is 1. The van der Waals surface area contributed by atoms with Crippen molar-refractivity contribution in [2.24, 2.45) is 14.1 Å². The zero-order valence-corrected chi connectivity index (χ0v) is 20.6. The van der Waals surface area contributed by atoms with Crippen LogP contribution < -0.4 is 16.6 Å². The normalized spacial score (nSPS) is 11.2. The molecular weight excluding hydrogens is 469 g/mol. The van der Waals surface area contributed by atoms with Crippen LogP contribution in [0.3, 0.4) is 0 Å². The minimum Gasteiger partial charge on any atom is -0.326 e.